The third-order valence-corrected chi connectivity index (χ3v) is 3.42. The predicted molar refractivity (Wildman–Crippen MR) is 87.4 cm³/mol. The van der Waals surface area contributed by atoms with E-state index in [9.17, 15) is 14.4 Å². The second-order valence-electron chi connectivity index (χ2n) is 5.75. The highest BCUT2D eigenvalue weighted by molar-refractivity contribution is 6.30. The summed E-state index contributed by atoms with van der Waals surface area (Å²) >= 11 is 5.78. The third-order valence-electron chi connectivity index (χ3n) is 3.17. The molecule has 0 bridgehead atoms. The van der Waals surface area contributed by atoms with Crippen LogP contribution >= 0.6 is 11.6 Å². The van der Waals surface area contributed by atoms with Gasteiger partial charge in [-0.15, -0.1) is 0 Å². The van der Waals surface area contributed by atoms with Crippen molar-refractivity contribution >= 4 is 29.4 Å². The number of carbonyl (C=O) groups is 3. The molecule has 1 unspecified atom stereocenters. The van der Waals surface area contributed by atoms with E-state index in [2.05, 4.69) is 5.32 Å². The molecule has 0 aromatic heterocycles. The maximum absolute atomic E-state index is 12.4. The normalized spacial score (nSPS) is 11.9. The minimum Gasteiger partial charge on any atom is -0.480 e. The van der Waals surface area contributed by atoms with E-state index < -0.39 is 30.4 Å². The molecule has 1 atom stereocenters. The number of carboxylic acid groups (broad SMARTS) is 1. The number of hydrogen-bond acceptors (Lipinski definition) is 3. The standard InChI is InChI=1S/C16H21ClN2O4/c1-10(2)8-13(16(23)19(3)9-14(20)21)18-15(22)11-4-6-12(17)7-5-11/h4-7,10,13H,8-9H2,1-3H3,(H,18,22)(H,20,21). The molecule has 0 aliphatic rings. The first-order valence-corrected chi connectivity index (χ1v) is 7.61. The Bertz CT molecular complexity index is 572. The van der Waals surface area contributed by atoms with Crippen molar-refractivity contribution in [2.75, 3.05) is 13.6 Å². The van der Waals surface area contributed by atoms with Gasteiger partial charge in [-0.25, -0.2) is 0 Å². The summed E-state index contributed by atoms with van der Waals surface area (Å²) in [5.41, 5.74) is 0.386. The predicted octanol–water partition coefficient (Wildman–Crippen LogP) is 2.03. The fourth-order valence-corrected chi connectivity index (χ4v) is 2.21. The zero-order chi connectivity index (χ0) is 17.6. The average molecular weight is 341 g/mol. The molecule has 0 fully saturated rings. The lowest BCUT2D eigenvalue weighted by Crippen LogP contribution is -2.49. The van der Waals surface area contributed by atoms with E-state index in [0.29, 0.717) is 17.0 Å². The number of aliphatic carboxylic acids is 1. The van der Waals surface area contributed by atoms with E-state index in [1.807, 2.05) is 13.8 Å². The monoisotopic (exact) mass is 340 g/mol. The topological polar surface area (TPSA) is 86.7 Å². The van der Waals surface area contributed by atoms with Gasteiger partial charge in [-0.1, -0.05) is 25.4 Å². The molecule has 0 heterocycles. The zero-order valence-electron chi connectivity index (χ0n) is 13.4. The average Bonchev–Trinajstić information content (AvgIpc) is 2.45. The molecule has 7 heteroatoms. The van der Waals surface area contributed by atoms with Gasteiger partial charge < -0.3 is 15.3 Å². The van der Waals surface area contributed by atoms with Crippen LogP contribution in [0.5, 0.6) is 0 Å². The molecule has 0 saturated carbocycles. The summed E-state index contributed by atoms with van der Waals surface area (Å²) in [6, 6.07) is 5.53. The molecule has 0 aliphatic heterocycles. The molecule has 1 rings (SSSR count). The fraction of sp³-hybridized carbons (Fsp3) is 0.438. The first-order valence-electron chi connectivity index (χ1n) is 7.24. The largest absolute Gasteiger partial charge is 0.480 e. The van der Waals surface area contributed by atoms with Crippen LogP contribution in [0.25, 0.3) is 0 Å². The fourth-order valence-electron chi connectivity index (χ4n) is 2.08. The Hall–Kier alpha value is -2.08. The number of rotatable bonds is 7. The van der Waals surface area contributed by atoms with E-state index in [1.54, 1.807) is 24.3 Å². The third kappa shape index (κ3) is 6.28. The highest BCUT2D eigenvalue weighted by Crippen LogP contribution is 2.12. The molecule has 0 saturated heterocycles. The Morgan fingerprint density at radius 2 is 1.78 bits per heavy atom. The quantitative estimate of drug-likeness (QED) is 0.795. The molecule has 6 nitrogen and oxygen atoms in total. The number of amides is 2. The summed E-state index contributed by atoms with van der Waals surface area (Å²) in [6.07, 6.45) is 0.419. The lowest BCUT2D eigenvalue weighted by atomic mass is 10.0. The Kier molecular flexibility index (Phi) is 7.03. The van der Waals surface area contributed by atoms with Crippen LogP contribution in [-0.2, 0) is 9.59 Å². The summed E-state index contributed by atoms with van der Waals surface area (Å²) in [4.78, 5) is 36.5. The van der Waals surface area contributed by atoms with Gasteiger partial charge in [-0.3, -0.25) is 14.4 Å². The van der Waals surface area contributed by atoms with Crippen LogP contribution in [-0.4, -0.2) is 47.4 Å². The van der Waals surface area contributed by atoms with Crippen molar-refractivity contribution in [3.63, 3.8) is 0 Å². The van der Waals surface area contributed by atoms with Crippen molar-refractivity contribution in [1.29, 1.82) is 0 Å². The lowest BCUT2D eigenvalue weighted by Gasteiger charge is -2.24. The maximum Gasteiger partial charge on any atom is 0.323 e. The van der Waals surface area contributed by atoms with Crippen LogP contribution in [0.1, 0.15) is 30.6 Å². The number of likely N-dealkylation sites (N-methyl/N-ethyl adjacent to an activating group) is 1. The number of nitrogens with zero attached hydrogens (tertiary/aromatic N) is 1. The number of halogens is 1. The van der Waals surface area contributed by atoms with Crippen molar-refractivity contribution < 1.29 is 19.5 Å². The van der Waals surface area contributed by atoms with Crippen LogP contribution in [0.2, 0.25) is 5.02 Å². The summed E-state index contributed by atoms with van der Waals surface area (Å²) in [5, 5.41) is 12.0. The van der Waals surface area contributed by atoms with Gasteiger partial charge >= 0.3 is 5.97 Å². The SMILES string of the molecule is CC(C)CC(NC(=O)c1ccc(Cl)cc1)C(=O)N(C)CC(=O)O. The molecule has 0 spiro atoms. The van der Waals surface area contributed by atoms with Crippen molar-refractivity contribution in [2.45, 2.75) is 26.3 Å². The maximum atomic E-state index is 12.4. The molecule has 2 amide bonds. The molecule has 0 radical (unpaired) electrons. The summed E-state index contributed by atoms with van der Waals surface area (Å²) in [5.74, 6) is -1.77. The van der Waals surface area contributed by atoms with Crippen molar-refractivity contribution in [1.82, 2.24) is 10.2 Å². The van der Waals surface area contributed by atoms with E-state index in [4.69, 9.17) is 16.7 Å². The number of hydrogen-bond donors (Lipinski definition) is 2. The minimum absolute atomic E-state index is 0.160. The van der Waals surface area contributed by atoms with Gasteiger partial charge in [0.1, 0.15) is 12.6 Å². The summed E-state index contributed by atoms with van der Waals surface area (Å²) < 4.78 is 0. The van der Waals surface area contributed by atoms with E-state index in [1.165, 1.54) is 7.05 Å². The number of nitrogens with one attached hydrogen (secondary N) is 1. The van der Waals surface area contributed by atoms with Gasteiger partial charge in [0, 0.05) is 17.6 Å². The van der Waals surface area contributed by atoms with Gasteiger partial charge in [0.2, 0.25) is 5.91 Å². The molecule has 0 aliphatic carbocycles. The van der Waals surface area contributed by atoms with Crippen LogP contribution in [0.15, 0.2) is 24.3 Å². The van der Waals surface area contributed by atoms with Crippen LogP contribution in [0.4, 0.5) is 0 Å². The van der Waals surface area contributed by atoms with E-state index in [0.717, 1.165) is 4.90 Å². The molecule has 2 N–H and O–H groups in total. The van der Waals surface area contributed by atoms with Gasteiger partial charge in [-0.2, -0.15) is 0 Å². The first kappa shape index (κ1) is 19.0. The van der Waals surface area contributed by atoms with Crippen molar-refractivity contribution in [3.8, 4) is 0 Å². The lowest BCUT2D eigenvalue weighted by molar-refractivity contribution is -0.144. The Labute approximate surface area is 140 Å². The number of carbonyl (C=O) groups excluding carboxylic acids is 2. The van der Waals surface area contributed by atoms with Gasteiger partial charge in [0.05, 0.1) is 0 Å². The summed E-state index contributed by atoms with van der Waals surface area (Å²) in [6.45, 7) is 3.43. The summed E-state index contributed by atoms with van der Waals surface area (Å²) in [7, 11) is 1.40. The Morgan fingerprint density at radius 3 is 2.26 bits per heavy atom. The molecule has 1 aromatic carbocycles. The second kappa shape index (κ2) is 8.53. The molecule has 23 heavy (non-hydrogen) atoms. The second-order valence-corrected chi connectivity index (χ2v) is 6.19. The van der Waals surface area contributed by atoms with Crippen LogP contribution < -0.4 is 5.32 Å². The minimum atomic E-state index is -1.10. The van der Waals surface area contributed by atoms with Gasteiger partial charge in [0.25, 0.3) is 5.91 Å². The number of carboxylic acids is 1. The van der Waals surface area contributed by atoms with E-state index >= 15 is 0 Å². The Balaban J connectivity index is 2.85. The van der Waals surface area contributed by atoms with Crippen LogP contribution in [0, 0.1) is 5.92 Å². The van der Waals surface area contributed by atoms with E-state index in [-0.39, 0.29) is 5.92 Å². The molecule has 1 aromatic rings. The molecular formula is C16H21ClN2O4. The Morgan fingerprint density at radius 1 is 1.22 bits per heavy atom. The van der Waals surface area contributed by atoms with Gasteiger partial charge in [-0.05, 0) is 36.6 Å². The molecule has 126 valence electrons. The van der Waals surface area contributed by atoms with Gasteiger partial charge in [0.15, 0.2) is 0 Å². The highest BCUT2D eigenvalue weighted by Gasteiger charge is 2.26. The molecular weight excluding hydrogens is 320 g/mol. The van der Waals surface area contributed by atoms with Crippen LogP contribution in [0.3, 0.4) is 0 Å². The van der Waals surface area contributed by atoms with Crippen molar-refractivity contribution in [2.24, 2.45) is 5.92 Å². The smallest absolute Gasteiger partial charge is 0.323 e. The van der Waals surface area contributed by atoms with Crippen molar-refractivity contribution in [3.05, 3.63) is 34.9 Å². The zero-order valence-corrected chi connectivity index (χ0v) is 14.1. The number of benzene rings is 1. The highest BCUT2D eigenvalue weighted by atomic mass is 35.5. The first-order chi connectivity index (χ1) is 10.7.